The van der Waals surface area contributed by atoms with E-state index in [1.165, 1.54) is 24.1 Å². The molecule has 4 rings (SSSR count). The number of hydrogen-bond donors (Lipinski definition) is 2. The average Bonchev–Trinajstić information content (AvgIpc) is 3.06. The molecule has 1 heterocycles. The van der Waals surface area contributed by atoms with Crippen molar-refractivity contribution in [1.29, 1.82) is 0 Å². The van der Waals surface area contributed by atoms with E-state index in [0.717, 1.165) is 10.0 Å². The van der Waals surface area contributed by atoms with Crippen LogP contribution in [0.1, 0.15) is 22.7 Å². The summed E-state index contributed by atoms with van der Waals surface area (Å²) >= 11 is 3.48. The van der Waals surface area contributed by atoms with Crippen LogP contribution in [-0.2, 0) is 9.59 Å². The van der Waals surface area contributed by atoms with Gasteiger partial charge in [0.05, 0.1) is 18.7 Å². The molecule has 1 fully saturated rings. The largest absolute Gasteiger partial charge is 0.508 e. The summed E-state index contributed by atoms with van der Waals surface area (Å²) in [6.07, 6.45) is 0. The van der Waals surface area contributed by atoms with E-state index in [-0.39, 0.29) is 17.1 Å². The van der Waals surface area contributed by atoms with Gasteiger partial charge in [-0.25, -0.2) is 0 Å². The zero-order valence-electron chi connectivity index (χ0n) is 17.4. The van der Waals surface area contributed by atoms with E-state index >= 15 is 0 Å². The van der Waals surface area contributed by atoms with Gasteiger partial charge < -0.3 is 14.9 Å². The molecular weight excluding hydrogens is 474 g/mol. The molecule has 162 valence electrons. The molecular formula is C25H20BrNO5. The Morgan fingerprint density at radius 2 is 1.66 bits per heavy atom. The number of ketones is 1. The van der Waals surface area contributed by atoms with Gasteiger partial charge in [-0.1, -0.05) is 34.1 Å². The van der Waals surface area contributed by atoms with Gasteiger partial charge in [0.15, 0.2) is 0 Å². The van der Waals surface area contributed by atoms with Crippen molar-refractivity contribution < 1.29 is 24.5 Å². The van der Waals surface area contributed by atoms with Crippen molar-refractivity contribution in [2.24, 2.45) is 0 Å². The zero-order valence-corrected chi connectivity index (χ0v) is 19.0. The minimum atomic E-state index is -0.868. The number of methoxy groups -OCH3 is 1. The molecule has 0 spiro atoms. The topological polar surface area (TPSA) is 87.1 Å². The van der Waals surface area contributed by atoms with E-state index in [9.17, 15) is 19.8 Å². The van der Waals surface area contributed by atoms with E-state index < -0.39 is 17.7 Å². The van der Waals surface area contributed by atoms with Crippen LogP contribution in [0.2, 0.25) is 0 Å². The van der Waals surface area contributed by atoms with Crippen LogP contribution in [0.15, 0.2) is 76.8 Å². The number of carbonyl (C=O) groups is 2. The quantitative estimate of drug-likeness (QED) is 0.300. The molecule has 0 aromatic heterocycles. The molecule has 6 nitrogen and oxygen atoms in total. The molecule has 0 unspecified atom stereocenters. The second-order valence-corrected chi connectivity index (χ2v) is 8.28. The first-order valence-corrected chi connectivity index (χ1v) is 10.6. The van der Waals surface area contributed by atoms with E-state index in [2.05, 4.69) is 15.9 Å². The Labute approximate surface area is 193 Å². The monoisotopic (exact) mass is 493 g/mol. The number of aryl methyl sites for hydroxylation is 1. The smallest absolute Gasteiger partial charge is 0.300 e. The zero-order chi connectivity index (χ0) is 23.0. The number of rotatable bonds is 4. The number of ether oxygens (including phenoxy) is 1. The van der Waals surface area contributed by atoms with Gasteiger partial charge in [-0.2, -0.15) is 0 Å². The Kier molecular flexibility index (Phi) is 5.76. The fourth-order valence-electron chi connectivity index (χ4n) is 3.71. The van der Waals surface area contributed by atoms with Gasteiger partial charge in [-0.15, -0.1) is 0 Å². The van der Waals surface area contributed by atoms with Crippen LogP contribution >= 0.6 is 15.9 Å². The standard InChI is InChI=1S/C25H20BrNO5/c1-14-3-8-17(13-20(14)26)27-22(15-4-9-18(28)10-5-15)21(24(30)25(27)31)23(29)16-6-11-19(32-2)12-7-16/h3-13,22,28-29H,1-2H3/t22-/m0/s1. The number of hydrogen-bond acceptors (Lipinski definition) is 5. The van der Waals surface area contributed by atoms with Crippen molar-refractivity contribution in [3.63, 3.8) is 0 Å². The highest BCUT2D eigenvalue weighted by Crippen LogP contribution is 2.43. The lowest BCUT2D eigenvalue weighted by Gasteiger charge is -2.26. The summed E-state index contributed by atoms with van der Waals surface area (Å²) in [5.41, 5.74) is 2.43. The lowest BCUT2D eigenvalue weighted by Crippen LogP contribution is -2.29. The Balaban J connectivity index is 1.92. The van der Waals surface area contributed by atoms with Crippen LogP contribution < -0.4 is 9.64 Å². The summed E-state index contributed by atoms with van der Waals surface area (Å²) in [5, 5.41) is 20.8. The third-order valence-corrected chi connectivity index (χ3v) is 6.30. The summed E-state index contributed by atoms with van der Waals surface area (Å²) in [5.74, 6) is -1.15. The molecule has 3 aromatic rings. The van der Waals surface area contributed by atoms with Crippen molar-refractivity contribution in [3.05, 3.63) is 93.5 Å². The first-order valence-electron chi connectivity index (χ1n) is 9.82. The number of aliphatic hydroxyl groups is 1. The molecule has 1 aliphatic heterocycles. The van der Waals surface area contributed by atoms with Crippen LogP contribution in [0, 0.1) is 6.92 Å². The predicted octanol–water partition coefficient (Wildman–Crippen LogP) is 5.10. The molecule has 0 radical (unpaired) electrons. The fourth-order valence-corrected chi connectivity index (χ4v) is 4.07. The maximum Gasteiger partial charge on any atom is 0.300 e. The molecule has 0 aliphatic carbocycles. The van der Waals surface area contributed by atoms with E-state index in [1.54, 1.807) is 48.5 Å². The fraction of sp³-hybridized carbons (Fsp3) is 0.120. The molecule has 0 bridgehead atoms. The summed E-state index contributed by atoms with van der Waals surface area (Å²) in [6.45, 7) is 1.92. The van der Waals surface area contributed by atoms with Gasteiger partial charge in [0.25, 0.3) is 11.7 Å². The number of benzene rings is 3. The second kappa shape index (κ2) is 8.51. The van der Waals surface area contributed by atoms with Gasteiger partial charge in [0.1, 0.15) is 17.3 Å². The van der Waals surface area contributed by atoms with Crippen molar-refractivity contribution >= 4 is 39.1 Å². The normalized spacial score (nSPS) is 17.6. The highest BCUT2D eigenvalue weighted by Gasteiger charge is 2.47. The highest BCUT2D eigenvalue weighted by molar-refractivity contribution is 9.10. The molecule has 7 heteroatoms. The number of halogens is 1. The number of carbonyl (C=O) groups excluding carboxylic acids is 2. The lowest BCUT2D eigenvalue weighted by atomic mass is 9.95. The summed E-state index contributed by atoms with van der Waals surface area (Å²) in [6, 6.07) is 17.3. The molecule has 2 N–H and O–H groups in total. The van der Waals surface area contributed by atoms with Crippen LogP contribution in [0.4, 0.5) is 5.69 Å². The van der Waals surface area contributed by atoms with Crippen LogP contribution in [0.3, 0.4) is 0 Å². The van der Waals surface area contributed by atoms with Gasteiger partial charge >= 0.3 is 0 Å². The average molecular weight is 494 g/mol. The third kappa shape index (κ3) is 3.76. The van der Waals surface area contributed by atoms with Crippen molar-refractivity contribution in [3.8, 4) is 11.5 Å². The van der Waals surface area contributed by atoms with E-state index in [4.69, 9.17) is 4.74 Å². The number of nitrogens with zero attached hydrogens (tertiary/aromatic N) is 1. The maximum absolute atomic E-state index is 13.1. The van der Waals surface area contributed by atoms with Crippen molar-refractivity contribution in [2.75, 3.05) is 12.0 Å². The number of aliphatic hydroxyl groups excluding tert-OH is 1. The van der Waals surface area contributed by atoms with Gasteiger partial charge in [-0.3, -0.25) is 14.5 Å². The van der Waals surface area contributed by atoms with Gasteiger partial charge in [-0.05, 0) is 66.6 Å². The number of amides is 1. The van der Waals surface area contributed by atoms with Gasteiger partial charge in [0.2, 0.25) is 0 Å². The van der Waals surface area contributed by atoms with Crippen LogP contribution in [0.5, 0.6) is 11.5 Å². The lowest BCUT2D eigenvalue weighted by molar-refractivity contribution is -0.132. The van der Waals surface area contributed by atoms with E-state index in [0.29, 0.717) is 22.6 Å². The first-order chi connectivity index (χ1) is 15.3. The molecule has 1 atom stereocenters. The maximum atomic E-state index is 13.1. The minimum absolute atomic E-state index is 0.0254. The molecule has 1 amide bonds. The number of phenolic OH excluding ortho intramolecular Hbond substituents is 1. The Hall–Kier alpha value is -3.58. The molecule has 1 aliphatic rings. The van der Waals surface area contributed by atoms with Crippen molar-refractivity contribution in [2.45, 2.75) is 13.0 Å². The number of anilines is 1. The van der Waals surface area contributed by atoms with Crippen LogP contribution in [0.25, 0.3) is 5.76 Å². The second-order valence-electron chi connectivity index (χ2n) is 7.42. The highest BCUT2D eigenvalue weighted by atomic mass is 79.9. The number of aromatic hydroxyl groups is 1. The molecule has 1 saturated heterocycles. The number of Topliss-reactive ketones (excluding diaryl/α,β-unsaturated/α-hetero) is 1. The number of phenols is 1. The summed E-state index contributed by atoms with van der Waals surface area (Å²) < 4.78 is 5.94. The van der Waals surface area contributed by atoms with Crippen LogP contribution in [-0.4, -0.2) is 29.0 Å². The Morgan fingerprint density at radius 1 is 1.00 bits per heavy atom. The third-order valence-electron chi connectivity index (χ3n) is 5.45. The first kappa shape index (κ1) is 21.6. The minimum Gasteiger partial charge on any atom is -0.508 e. The van der Waals surface area contributed by atoms with Crippen molar-refractivity contribution in [1.82, 2.24) is 0 Å². The molecule has 32 heavy (non-hydrogen) atoms. The summed E-state index contributed by atoms with van der Waals surface area (Å²) in [7, 11) is 1.53. The predicted molar refractivity (Wildman–Crippen MR) is 125 cm³/mol. The molecule has 3 aromatic carbocycles. The Morgan fingerprint density at radius 3 is 2.25 bits per heavy atom. The summed E-state index contributed by atoms with van der Waals surface area (Å²) in [4.78, 5) is 27.6. The molecule has 0 saturated carbocycles. The SMILES string of the molecule is COc1ccc(C(O)=C2C(=O)C(=O)N(c3ccc(C)c(Br)c3)[C@H]2c2ccc(O)cc2)cc1. The Bertz CT molecular complexity index is 1230. The van der Waals surface area contributed by atoms with E-state index in [1.807, 2.05) is 13.0 Å². The van der Waals surface area contributed by atoms with Gasteiger partial charge in [0, 0.05) is 15.7 Å².